The van der Waals surface area contributed by atoms with Crippen LogP contribution in [0.5, 0.6) is 0 Å². The van der Waals surface area contributed by atoms with Crippen LogP contribution < -0.4 is 0 Å². The third-order valence-electron chi connectivity index (χ3n) is 1.72. The van der Waals surface area contributed by atoms with Crippen LogP contribution in [0.15, 0.2) is 12.7 Å². The number of allylic oxidation sites excluding steroid dienone is 1. The van der Waals surface area contributed by atoms with E-state index < -0.39 is 0 Å². The standard InChI is InChI=1S/C8H12O2/c1-2-3-7-6-10-5-4-8(7)9/h2,7H,1,3-6H2. The van der Waals surface area contributed by atoms with Gasteiger partial charge < -0.3 is 4.74 Å². The Bertz CT molecular complexity index is 140. The first-order valence-electron chi connectivity index (χ1n) is 3.56. The molecule has 0 amide bonds. The van der Waals surface area contributed by atoms with Crippen molar-refractivity contribution in [2.24, 2.45) is 5.92 Å². The molecule has 0 spiro atoms. The summed E-state index contributed by atoms with van der Waals surface area (Å²) in [4.78, 5) is 11.1. The first-order valence-corrected chi connectivity index (χ1v) is 3.56. The highest BCUT2D eigenvalue weighted by atomic mass is 16.5. The molecule has 2 heteroatoms. The number of rotatable bonds is 2. The molecule has 1 heterocycles. The van der Waals surface area contributed by atoms with E-state index in [1.807, 2.05) is 0 Å². The minimum absolute atomic E-state index is 0.0891. The van der Waals surface area contributed by atoms with Crippen LogP contribution in [0.25, 0.3) is 0 Å². The lowest BCUT2D eigenvalue weighted by atomic mass is 9.97. The minimum atomic E-state index is 0.0891. The molecule has 1 rings (SSSR count). The Morgan fingerprint density at radius 2 is 2.60 bits per heavy atom. The third kappa shape index (κ3) is 1.67. The zero-order chi connectivity index (χ0) is 7.40. The van der Waals surface area contributed by atoms with E-state index in [0.29, 0.717) is 25.4 Å². The largest absolute Gasteiger partial charge is 0.380 e. The van der Waals surface area contributed by atoms with Crippen LogP contribution in [0.2, 0.25) is 0 Å². The normalized spacial score (nSPS) is 26.4. The van der Waals surface area contributed by atoms with Gasteiger partial charge in [0.15, 0.2) is 0 Å². The van der Waals surface area contributed by atoms with Gasteiger partial charge in [-0.2, -0.15) is 0 Å². The van der Waals surface area contributed by atoms with Crippen LogP contribution in [0, 0.1) is 5.92 Å². The summed E-state index contributed by atoms with van der Waals surface area (Å²) in [5.74, 6) is 0.414. The number of ether oxygens (including phenoxy) is 1. The van der Waals surface area contributed by atoms with Crippen molar-refractivity contribution in [3.63, 3.8) is 0 Å². The molecule has 1 fully saturated rings. The number of ketones is 1. The lowest BCUT2D eigenvalue weighted by molar-refractivity contribution is -0.130. The molecule has 0 aromatic heterocycles. The molecule has 10 heavy (non-hydrogen) atoms. The Labute approximate surface area is 60.9 Å². The zero-order valence-electron chi connectivity index (χ0n) is 6.01. The van der Waals surface area contributed by atoms with Crippen molar-refractivity contribution in [2.75, 3.05) is 13.2 Å². The second-order valence-electron chi connectivity index (χ2n) is 2.51. The second-order valence-corrected chi connectivity index (χ2v) is 2.51. The van der Waals surface area contributed by atoms with Crippen molar-refractivity contribution in [1.29, 1.82) is 0 Å². The summed E-state index contributed by atoms with van der Waals surface area (Å²) >= 11 is 0. The second kappa shape index (κ2) is 3.52. The average molecular weight is 140 g/mol. The number of carbonyl (C=O) groups is 1. The highest BCUT2D eigenvalue weighted by Gasteiger charge is 2.20. The highest BCUT2D eigenvalue weighted by molar-refractivity contribution is 5.81. The van der Waals surface area contributed by atoms with E-state index in [9.17, 15) is 4.79 Å². The first kappa shape index (κ1) is 7.48. The quantitative estimate of drug-likeness (QED) is 0.538. The maximum absolute atomic E-state index is 11.1. The Morgan fingerprint density at radius 1 is 1.80 bits per heavy atom. The Kier molecular flexibility index (Phi) is 2.63. The summed E-state index contributed by atoms with van der Waals surface area (Å²) in [5, 5.41) is 0. The molecule has 1 unspecified atom stereocenters. The first-order chi connectivity index (χ1) is 4.84. The molecule has 0 aliphatic carbocycles. The summed E-state index contributed by atoms with van der Waals surface area (Å²) in [6.07, 6.45) is 3.12. The molecule has 56 valence electrons. The molecule has 0 bridgehead atoms. The van der Waals surface area contributed by atoms with Gasteiger partial charge in [-0.25, -0.2) is 0 Å². The molecule has 1 atom stereocenters. The van der Waals surface area contributed by atoms with Crippen LogP contribution in [-0.4, -0.2) is 19.0 Å². The van der Waals surface area contributed by atoms with Gasteiger partial charge in [0.05, 0.1) is 13.2 Å². The van der Waals surface area contributed by atoms with Gasteiger partial charge in [-0.1, -0.05) is 6.08 Å². The fourth-order valence-electron chi connectivity index (χ4n) is 1.10. The van der Waals surface area contributed by atoms with Gasteiger partial charge in [-0.3, -0.25) is 4.79 Å². The fraction of sp³-hybridized carbons (Fsp3) is 0.625. The number of Topliss-reactive ketones (excluding diaryl/α,β-unsaturated/α-hetero) is 1. The molecular formula is C8H12O2. The molecule has 1 saturated heterocycles. The molecule has 1 aliphatic heterocycles. The van der Waals surface area contributed by atoms with Gasteiger partial charge in [-0.15, -0.1) is 6.58 Å². The molecule has 0 radical (unpaired) electrons. The molecular weight excluding hydrogens is 128 g/mol. The fourth-order valence-corrected chi connectivity index (χ4v) is 1.10. The van der Waals surface area contributed by atoms with E-state index in [2.05, 4.69) is 6.58 Å². The molecule has 1 aliphatic rings. The third-order valence-corrected chi connectivity index (χ3v) is 1.72. The van der Waals surface area contributed by atoms with Crippen LogP contribution in [0.1, 0.15) is 12.8 Å². The monoisotopic (exact) mass is 140 g/mol. The molecule has 0 N–H and O–H groups in total. The molecule has 2 nitrogen and oxygen atoms in total. The van der Waals surface area contributed by atoms with Crippen molar-refractivity contribution in [2.45, 2.75) is 12.8 Å². The highest BCUT2D eigenvalue weighted by Crippen LogP contribution is 2.13. The van der Waals surface area contributed by atoms with E-state index in [1.165, 1.54) is 0 Å². The lowest BCUT2D eigenvalue weighted by Gasteiger charge is -2.18. The van der Waals surface area contributed by atoms with Crippen molar-refractivity contribution in [3.8, 4) is 0 Å². The maximum atomic E-state index is 11.1. The van der Waals surface area contributed by atoms with Crippen LogP contribution in [-0.2, 0) is 9.53 Å². The number of hydrogen-bond acceptors (Lipinski definition) is 2. The molecule has 0 aromatic rings. The lowest BCUT2D eigenvalue weighted by Crippen LogP contribution is -2.26. The van der Waals surface area contributed by atoms with Crippen molar-refractivity contribution < 1.29 is 9.53 Å². The number of carbonyl (C=O) groups excluding carboxylic acids is 1. The van der Waals surface area contributed by atoms with E-state index in [1.54, 1.807) is 6.08 Å². The Morgan fingerprint density at radius 3 is 3.20 bits per heavy atom. The van der Waals surface area contributed by atoms with Gasteiger partial charge in [0.25, 0.3) is 0 Å². The predicted octanol–water partition coefficient (Wildman–Crippen LogP) is 1.17. The van der Waals surface area contributed by atoms with Gasteiger partial charge in [0, 0.05) is 12.3 Å². The Hall–Kier alpha value is -0.630. The summed E-state index contributed by atoms with van der Waals surface area (Å²) in [6.45, 7) is 4.77. The molecule has 0 aromatic carbocycles. The van der Waals surface area contributed by atoms with Crippen molar-refractivity contribution >= 4 is 5.78 Å². The van der Waals surface area contributed by atoms with Gasteiger partial charge in [0.1, 0.15) is 5.78 Å². The summed E-state index contributed by atoms with van der Waals surface area (Å²) < 4.78 is 5.14. The topological polar surface area (TPSA) is 26.3 Å². The zero-order valence-corrected chi connectivity index (χ0v) is 6.01. The van der Waals surface area contributed by atoms with E-state index >= 15 is 0 Å². The average Bonchev–Trinajstić information content (AvgIpc) is 1.94. The van der Waals surface area contributed by atoms with Gasteiger partial charge in [-0.05, 0) is 6.42 Å². The van der Waals surface area contributed by atoms with Gasteiger partial charge >= 0.3 is 0 Å². The molecule has 0 saturated carbocycles. The summed E-state index contributed by atoms with van der Waals surface area (Å²) in [7, 11) is 0. The smallest absolute Gasteiger partial charge is 0.140 e. The summed E-state index contributed by atoms with van der Waals surface area (Å²) in [6, 6.07) is 0. The van der Waals surface area contributed by atoms with E-state index in [0.717, 1.165) is 6.42 Å². The predicted molar refractivity (Wildman–Crippen MR) is 38.7 cm³/mol. The number of hydrogen-bond donors (Lipinski definition) is 0. The van der Waals surface area contributed by atoms with Gasteiger partial charge in [0.2, 0.25) is 0 Å². The SMILES string of the molecule is C=CCC1COCCC1=O. The van der Waals surface area contributed by atoms with Crippen molar-refractivity contribution in [3.05, 3.63) is 12.7 Å². The maximum Gasteiger partial charge on any atom is 0.140 e. The van der Waals surface area contributed by atoms with Crippen LogP contribution in [0.4, 0.5) is 0 Å². The van der Waals surface area contributed by atoms with E-state index in [-0.39, 0.29) is 5.92 Å². The van der Waals surface area contributed by atoms with Crippen molar-refractivity contribution in [1.82, 2.24) is 0 Å². The minimum Gasteiger partial charge on any atom is -0.380 e. The van der Waals surface area contributed by atoms with Crippen LogP contribution >= 0.6 is 0 Å². The summed E-state index contributed by atoms with van der Waals surface area (Å²) in [5.41, 5.74) is 0. The van der Waals surface area contributed by atoms with Crippen LogP contribution in [0.3, 0.4) is 0 Å². The van der Waals surface area contributed by atoms with E-state index in [4.69, 9.17) is 4.74 Å². The Balaban J connectivity index is 2.39.